The Kier molecular flexibility index (Phi) is 3.58. The van der Waals surface area contributed by atoms with E-state index < -0.39 is 10.0 Å². The summed E-state index contributed by atoms with van der Waals surface area (Å²) in [6.45, 7) is 5.20. The van der Waals surface area contributed by atoms with Crippen LogP contribution in [0.2, 0.25) is 0 Å². The predicted octanol–water partition coefficient (Wildman–Crippen LogP) is 1.75. The van der Waals surface area contributed by atoms with Gasteiger partial charge in [-0.1, -0.05) is 12.1 Å². The van der Waals surface area contributed by atoms with E-state index in [2.05, 4.69) is 14.9 Å². The number of piperidine rings is 1. The van der Waals surface area contributed by atoms with E-state index in [9.17, 15) is 8.42 Å². The van der Waals surface area contributed by atoms with E-state index in [1.165, 1.54) is 0 Å². The number of fused-ring (bicyclic) bond motifs is 2. The van der Waals surface area contributed by atoms with Crippen molar-refractivity contribution in [3.05, 3.63) is 47.9 Å². The molecule has 2 unspecified atom stereocenters. The van der Waals surface area contributed by atoms with Crippen molar-refractivity contribution in [3.63, 3.8) is 0 Å². The fourth-order valence-corrected chi connectivity index (χ4v) is 5.59. The fraction of sp³-hybridized carbons (Fsp3) is 0.412. The summed E-state index contributed by atoms with van der Waals surface area (Å²) in [6, 6.07) is 9.12. The molecule has 2 bridgehead atoms. The standard InChI is InChI=1S/C17H20N4O2S/c1-12-4-3-5-16(6-12)24(22,23)21-14-8-15(21)10-20(9-14)17-7-13(2)18-11-19-17/h3-7,11,14-15H,8-10H2,1-2H3. The summed E-state index contributed by atoms with van der Waals surface area (Å²) in [6.07, 6.45) is 2.48. The Hall–Kier alpha value is -1.99. The summed E-state index contributed by atoms with van der Waals surface area (Å²) in [5.74, 6) is 0.879. The molecule has 3 aliphatic rings. The van der Waals surface area contributed by atoms with E-state index in [0.717, 1.165) is 23.5 Å². The summed E-state index contributed by atoms with van der Waals surface area (Å²) in [5, 5.41) is 0. The quantitative estimate of drug-likeness (QED) is 0.849. The second-order valence-corrected chi connectivity index (χ2v) is 8.46. The van der Waals surface area contributed by atoms with Gasteiger partial charge in [0.05, 0.1) is 4.90 Å². The minimum absolute atomic E-state index is 0.0181. The highest BCUT2D eigenvalue weighted by Crippen LogP contribution is 2.38. The zero-order valence-corrected chi connectivity index (χ0v) is 14.6. The lowest BCUT2D eigenvalue weighted by Crippen LogP contribution is -2.70. The summed E-state index contributed by atoms with van der Waals surface area (Å²) in [5.41, 5.74) is 1.88. The van der Waals surface area contributed by atoms with Crippen LogP contribution in [0.25, 0.3) is 0 Å². The third kappa shape index (κ3) is 2.48. The van der Waals surface area contributed by atoms with Crippen LogP contribution in [-0.4, -0.2) is 47.9 Å². The number of sulfonamides is 1. The molecule has 1 aromatic heterocycles. The van der Waals surface area contributed by atoms with Gasteiger partial charge in [0.25, 0.3) is 0 Å². The SMILES string of the molecule is Cc1cccc(S(=O)(=O)N2C3CC2CN(c2cc(C)ncn2)C3)c1. The number of aromatic nitrogens is 2. The number of benzene rings is 1. The third-order valence-corrected chi connectivity index (χ3v) is 6.81. The Bertz CT molecular complexity index is 872. The number of nitrogens with zero attached hydrogens (tertiary/aromatic N) is 4. The van der Waals surface area contributed by atoms with Crippen molar-refractivity contribution in [2.24, 2.45) is 0 Å². The van der Waals surface area contributed by atoms with E-state index in [0.29, 0.717) is 18.0 Å². The summed E-state index contributed by atoms with van der Waals surface area (Å²) in [4.78, 5) is 11.0. The highest BCUT2D eigenvalue weighted by molar-refractivity contribution is 7.89. The molecule has 1 aromatic carbocycles. The summed E-state index contributed by atoms with van der Waals surface area (Å²) in [7, 11) is -3.42. The number of hydrogen-bond acceptors (Lipinski definition) is 5. The Morgan fingerprint density at radius 3 is 2.50 bits per heavy atom. The van der Waals surface area contributed by atoms with Crippen LogP contribution in [-0.2, 0) is 10.0 Å². The average Bonchev–Trinajstić information content (AvgIpc) is 2.54. The molecule has 0 saturated carbocycles. The first-order chi connectivity index (χ1) is 11.4. The molecule has 24 heavy (non-hydrogen) atoms. The molecular formula is C17H20N4O2S. The van der Waals surface area contributed by atoms with Gasteiger partial charge in [-0.15, -0.1) is 0 Å². The minimum atomic E-state index is -3.42. The van der Waals surface area contributed by atoms with Gasteiger partial charge in [-0.05, 0) is 38.0 Å². The fourth-order valence-electron chi connectivity index (χ4n) is 3.67. The monoisotopic (exact) mass is 344 g/mol. The third-order valence-electron chi connectivity index (χ3n) is 4.80. The van der Waals surface area contributed by atoms with E-state index in [1.807, 2.05) is 26.0 Å². The van der Waals surface area contributed by atoms with Crippen LogP contribution < -0.4 is 4.90 Å². The molecule has 0 radical (unpaired) electrons. The predicted molar refractivity (Wildman–Crippen MR) is 91.4 cm³/mol. The Morgan fingerprint density at radius 1 is 1.08 bits per heavy atom. The van der Waals surface area contributed by atoms with E-state index in [4.69, 9.17) is 0 Å². The van der Waals surface area contributed by atoms with Gasteiger partial charge in [0, 0.05) is 36.9 Å². The van der Waals surface area contributed by atoms with Crippen molar-refractivity contribution in [3.8, 4) is 0 Å². The Labute approximate surface area is 142 Å². The maximum absolute atomic E-state index is 13.0. The molecule has 3 fully saturated rings. The molecule has 3 aliphatic heterocycles. The lowest BCUT2D eigenvalue weighted by atomic mass is 9.91. The smallest absolute Gasteiger partial charge is 0.243 e. The average molecular weight is 344 g/mol. The molecule has 5 rings (SSSR count). The van der Waals surface area contributed by atoms with Gasteiger partial charge in [-0.3, -0.25) is 0 Å². The van der Waals surface area contributed by atoms with E-state index >= 15 is 0 Å². The van der Waals surface area contributed by atoms with Gasteiger partial charge in [0.15, 0.2) is 0 Å². The van der Waals surface area contributed by atoms with Crippen molar-refractivity contribution < 1.29 is 8.42 Å². The van der Waals surface area contributed by atoms with Crippen LogP contribution in [0.1, 0.15) is 17.7 Å². The molecule has 126 valence electrons. The van der Waals surface area contributed by atoms with Gasteiger partial charge < -0.3 is 4.90 Å². The van der Waals surface area contributed by atoms with Crippen LogP contribution in [0.5, 0.6) is 0 Å². The first-order valence-electron chi connectivity index (χ1n) is 8.09. The Balaban J connectivity index is 1.57. The molecular weight excluding hydrogens is 324 g/mol. The van der Waals surface area contributed by atoms with Crippen LogP contribution >= 0.6 is 0 Å². The van der Waals surface area contributed by atoms with Crippen LogP contribution in [0.15, 0.2) is 41.6 Å². The van der Waals surface area contributed by atoms with Crippen molar-refractivity contribution in [2.45, 2.75) is 37.2 Å². The number of piperazine rings is 1. The zero-order chi connectivity index (χ0) is 16.9. The number of hydrogen-bond donors (Lipinski definition) is 0. The largest absolute Gasteiger partial charge is 0.353 e. The molecule has 0 N–H and O–H groups in total. The second kappa shape index (κ2) is 5.53. The summed E-state index contributed by atoms with van der Waals surface area (Å²) < 4.78 is 27.6. The maximum atomic E-state index is 13.0. The topological polar surface area (TPSA) is 66.4 Å². The lowest BCUT2D eigenvalue weighted by molar-refractivity contribution is 0.0874. The molecule has 2 aromatic rings. The molecule has 3 saturated heterocycles. The molecule has 0 aliphatic carbocycles. The summed E-state index contributed by atoms with van der Waals surface area (Å²) >= 11 is 0. The normalized spacial score (nSPS) is 23.8. The van der Waals surface area contributed by atoms with Crippen molar-refractivity contribution in [2.75, 3.05) is 18.0 Å². The van der Waals surface area contributed by atoms with Gasteiger partial charge >= 0.3 is 0 Å². The molecule has 7 heteroatoms. The van der Waals surface area contributed by atoms with Gasteiger partial charge in [-0.25, -0.2) is 18.4 Å². The lowest BCUT2D eigenvalue weighted by Gasteiger charge is -2.55. The van der Waals surface area contributed by atoms with Crippen LogP contribution in [0.3, 0.4) is 0 Å². The van der Waals surface area contributed by atoms with Gasteiger partial charge in [0.1, 0.15) is 12.1 Å². The maximum Gasteiger partial charge on any atom is 0.243 e. The molecule has 2 atom stereocenters. The van der Waals surface area contributed by atoms with Crippen LogP contribution in [0, 0.1) is 13.8 Å². The number of aryl methyl sites for hydroxylation is 2. The first kappa shape index (κ1) is 15.5. The molecule has 0 spiro atoms. The highest BCUT2D eigenvalue weighted by atomic mass is 32.2. The first-order valence-corrected chi connectivity index (χ1v) is 9.53. The Morgan fingerprint density at radius 2 is 1.83 bits per heavy atom. The second-order valence-electron chi connectivity index (χ2n) is 6.62. The van der Waals surface area contributed by atoms with Crippen molar-refractivity contribution >= 4 is 15.8 Å². The van der Waals surface area contributed by atoms with Crippen LogP contribution in [0.4, 0.5) is 5.82 Å². The number of anilines is 1. The molecule has 6 nitrogen and oxygen atoms in total. The minimum Gasteiger partial charge on any atom is -0.353 e. The van der Waals surface area contributed by atoms with Gasteiger partial charge in [0.2, 0.25) is 10.0 Å². The van der Waals surface area contributed by atoms with E-state index in [-0.39, 0.29) is 12.1 Å². The highest BCUT2D eigenvalue weighted by Gasteiger charge is 2.51. The van der Waals surface area contributed by atoms with Crippen molar-refractivity contribution in [1.82, 2.24) is 14.3 Å². The molecule has 4 heterocycles. The van der Waals surface area contributed by atoms with E-state index in [1.54, 1.807) is 28.8 Å². The molecule has 0 amide bonds. The van der Waals surface area contributed by atoms with Crippen molar-refractivity contribution in [1.29, 1.82) is 0 Å². The number of rotatable bonds is 3. The van der Waals surface area contributed by atoms with Gasteiger partial charge in [-0.2, -0.15) is 4.31 Å². The zero-order valence-electron chi connectivity index (χ0n) is 13.8.